The van der Waals surface area contributed by atoms with Gasteiger partial charge in [0, 0.05) is 31.5 Å². The quantitative estimate of drug-likeness (QED) is 0.581. The molecular weight excluding hydrogens is 364 g/mol. The second-order valence-corrected chi connectivity index (χ2v) is 7.10. The van der Waals surface area contributed by atoms with Crippen molar-refractivity contribution in [3.63, 3.8) is 0 Å². The fourth-order valence-corrected chi connectivity index (χ4v) is 3.23. The van der Waals surface area contributed by atoms with Crippen molar-refractivity contribution in [3.8, 4) is 0 Å². The summed E-state index contributed by atoms with van der Waals surface area (Å²) in [6, 6.07) is 0.303. The van der Waals surface area contributed by atoms with E-state index in [0.717, 1.165) is 25.7 Å². The van der Waals surface area contributed by atoms with Gasteiger partial charge < -0.3 is 26.4 Å². The molecule has 1 atom stereocenters. The lowest BCUT2D eigenvalue weighted by Gasteiger charge is -2.30. The first-order chi connectivity index (χ1) is 13.5. The number of amides is 2. The van der Waals surface area contributed by atoms with Crippen LogP contribution >= 0.6 is 0 Å². The highest BCUT2D eigenvalue weighted by Gasteiger charge is 2.26. The first kappa shape index (κ1) is 18.0. The van der Waals surface area contributed by atoms with Crippen LogP contribution in [-0.2, 0) is 0 Å². The van der Waals surface area contributed by atoms with E-state index in [9.17, 15) is 14.7 Å². The molecule has 5 N–H and O–H groups in total. The highest BCUT2D eigenvalue weighted by molar-refractivity contribution is 5.97. The number of rotatable bonds is 6. The number of nitrogens with two attached hydrogens (primary N) is 1. The molecule has 2 aromatic rings. The molecule has 2 aliphatic rings. The molecule has 11 heteroatoms. The number of hydrogen-bond acceptors (Lipinski definition) is 7. The van der Waals surface area contributed by atoms with Gasteiger partial charge in [-0.1, -0.05) is 0 Å². The number of anilines is 3. The standard InChI is InChI=1S/C17H22N8O3/c18-14(26)13-7-19-16(23-15(13)21-10-3-4-10)22-11-6-20-25(8-11)12-2-1-5-24(9-12)17(27)28/h6-8,10,12H,1-5,9H2,(H2,18,26)(H,27,28)(H2,19,21,22,23)/t12-/m1/s1. The summed E-state index contributed by atoms with van der Waals surface area (Å²) in [5.41, 5.74) is 6.32. The van der Waals surface area contributed by atoms with Gasteiger partial charge in [-0.05, 0) is 25.7 Å². The van der Waals surface area contributed by atoms with E-state index in [1.54, 1.807) is 17.1 Å². The van der Waals surface area contributed by atoms with Crippen molar-refractivity contribution in [2.45, 2.75) is 37.8 Å². The summed E-state index contributed by atoms with van der Waals surface area (Å²) in [6.07, 6.45) is 7.66. The van der Waals surface area contributed by atoms with E-state index in [1.807, 2.05) is 0 Å². The first-order valence-electron chi connectivity index (χ1n) is 9.22. The largest absolute Gasteiger partial charge is 0.465 e. The van der Waals surface area contributed by atoms with Crippen LogP contribution in [0.3, 0.4) is 0 Å². The summed E-state index contributed by atoms with van der Waals surface area (Å²) in [7, 11) is 0. The molecule has 0 unspecified atom stereocenters. The molecule has 11 nitrogen and oxygen atoms in total. The number of carboxylic acid groups (broad SMARTS) is 1. The zero-order valence-corrected chi connectivity index (χ0v) is 15.2. The van der Waals surface area contributed by atoms with Crippen molar-refractivity contribution in [1.82, 2.24) is 24.6 Å². The van der Waals surface area contributed by atoms with Gasteiger partial charge in [0.15, 0.2) is 0 Å². The van der Waals surface area contributed by atoms with Crippen LogP contribution in [0.2, 0.25) is 0 Å². The average molecular weight is 386 g/mol. The van der Waals surface area contributed by atoms with Crippen molar-refractivity contribution < 1.29 is 14.7 Å². The second-order valence-electron chi connectivity index (χ2n) is 7.10. The molecule has 1 aliphatic carbocycles. The minimum absolute atomic E-state index is 0.00866. The van der Waals surface area contributed by atoms with Gasteiger partial charge in [0.25, 0.3) is 5.91 Å². The topological polar surface area (TPSA) is 151 Å². The van der Waals surface area contributed by atoms with Gasteiger partial charge in [-0.2, -0.15) is 10.1 Å². The van der Waals surface area contributed by atoms with Gasteiger partial charge in [-0.3, -0.25) is 9.48 Å². The van der Waals surface area contributed by atoms with Crippen molar-refractivity contribution in [2.24, 2.45) is 5.73 Å². The maximum Gasteiger partial charge on any atom is 0.407 e. The third kappa shape index (κ3) is 3.97. The number of nitrogens with one attached hydrogen (secondary N) is 2. The molecule has 3 heterocycles. The molecule has 4 rings (SSSR count). The Labute approximate surface area is 160 Å². The molecule has 0 aromatic carbocycles. The highest BCUT2D eigenvalue weighted by Crippen LogP contribution is 2.27. The Morgan fingerprint density at radius 2 is 2.07 bits per heavy atom. The van der Waals surface area contributed by atoms with E-state index in [4.69, 9.17) is 5.73 Å². The Bertz CT molecular complexity index is 894. The van der Waals surface area contributed by atoms with Gasteiger partial charge in [0.1, 0.15) is 5.82 Å². The third-order valence-corrected chi connectivity index (χ3v) is 4.87. The summed E-state index contributed by atoms with van der Waals surface area (Å²) in [6.45, 7) is 0.963. The summed E-state index contributed by atoms with van der Waals surface area (Å²) in [5, 5.41) is 19.8. The smallest absolute Gasteiger partial charge is 0.407 e. The molecule has 0 radical (unpaired) electrons. The molecule has 1 saturated heterocycles. The van der Waals surface area contributed by atoms with Crippen molar-refractivity contribution in [1.29, 1.82) is 0 Å². The minimum atomic E-state index is -0.908. The predicted octanol–water partition coefficient (Wildman–Crippen LogP) is 1.40. The number of primary amides is 1. The van der Waals surface area contributed by atoms with Crippen LogP contribution in [0.1, 0.15) is 42.1 Å². The minimum Gasteiger partial charge on any atom is -0.465 e. The molecule has 2 amide bonds. The average Bonchev–Trinajstić information content (AvgIpc) is 3.36. The van der Waals surface area contributed by atoms with E-state index in [-0.39, 0.29) is 11.6 Å². The SMILES string of the molecule is NC(=O)c1cnc(Nc2cnn([C@@H]3CCCN(C(=O)O)C3)c2)nc1NC1CC1. The van der Waals surface area contributed by atoms with Crippen LogP contribution in [0.4, 0.5) is 22.2 Å². The molecule has 0 bridgehead atoms. The lowest BCUT2D eigenvalue weighted by atomic mass is 10.1. The lowest BCUT2D eigenvalue weighted by molar-refractivity contribution is 0.1000. The van der Waals surface area contributed by atoms with Crippen molar-refractivity contribution in [2.75, 3.05) is 23.7 Å². The van der Waals surface area contributed by atoms with E-state index >= 15 is 0 Å². The number of hydrogen-bond donors (Lipinski definition) is 4. The van der Waals surface area contributed by atoms with Gasteiger partial charge in [0.2, 0.25) is 5.95 Å². The molecule has 148 valence electrons. The van der Waals surface area contributed by atoms with Crippen LogP contribution in [0, 0.1) is 0 Å². The predicted molar refractivity (Wildman–Crippen MR) is 101 cm³/mol. The number of aromatic nitrogens is 4. The monoisotopic (exact) mass is 386 g/mol. The second kappa shape index (κ2) is 7.33. The van der Waals surface area contributed by atoms with E-state index < -0.39 is 12.0 Å². The Morgan fingerprint density at radius 1 is 1.25 bits per heavy atom. The summed E-state index contributed by atoms with van der Waals surface area (Å²) < 4.78 is 1.76. The van der Waals surface area contributed by atoms with Crippen LogP contribution in [-0.4, -0.2) is 60.9 Å². The van der Waals surface area contributed by atoms with Crippen LogP contribution in [0.15, 0.2) is 18.6 Å². The van der Waals surface area contributed by atoms with E-state index in [1.165, 1.54) is 11.1 Å². The normalized spacial score (nSPS) is 19.3. The Morgan fingerprint density at radius 3 is 2.79 bits per heavy atom. The Balaban J connectivity index is 1.47. The number of piperidine rings is 1. The number of nitrogens with zero attached hydrogens (tertiary/aromatic N) is 5. The zero-order valence-electron chi connectivity index (χ0n) is 15.2. The highest BCUT2D eigenvalue weighted by atomic mass is 16.4. The molecule has 1 aliphatic heterocycles. The molecule has 2 aromatic heterocycles. The van der Waals surface area contributed by atoms with Crippen molar-refractivity contribution >= 4 is 29.5 Å². The van der Waals surface area contributed by atoms with E-state index in [0.29, 0.717) is 36.6 Å². The van der Waals surface area contributed by atoms with Gasteiger partial charge in [-0.25, -0.2) is 9.78 Å². The van der Waals surface area contributed by atoms with Gasteiger partial charge in [0.05, 0.1) is 23.5 Å². The molecule has 2 fully saturated rings. The Kier molecular flexibility index (Phi) is 4.72. The number of likely N-dealkylation sites (tertiary alicyclic amines) is 1. The van der Waals surface area contributed by atoms with Crippen molar-refractivity contribution in [3.05, 3.63) is 24.2 Å². The van der Waals surface area contributed by atoms with Crippen LogP contribution < -0.4 is 16.4 Å². The van der Waals surface area contributed by atoms with Gasteiger partial charge >= 0.3 is 6.09 Å². The van der Waals surface area contributed by atoms with Crippen LogP contribution in [0.25, 0.3) is 0 Å². The van der Waals surface area contributed by atoms with Gasteiger partial charge in [-0.15, -0.1) is 0 Å². The summed E-state index contributed by atoms with van der Waals surface area (Å²) in [5.74, 6) is 0.163. The first-order valence-corrected chi connectivity index (χ1v) is 9.22. The summed E-state index contributed by atoms with van der Waals surface area (Å²) in [4.78, 5) is 32.7. The number of carbonyl (C=O) groups is 2. The Hall–Kier alpha value is -3.37. The molecule has 1 saturated carbocycles. The fraction of sp³-hybridized carbons (Fsp3) is 0.471. The molecular formula is C17H22N8O3. The van der Waals surface area contributed by atoms with E-state index in [2.05, 4.69) is 25.7 Å². The maximum atomic E-state index is 11.6. The number of carbonyl (C=O) groups excluding carboxylic acids is 1. The molecule has 0 spiro atoms. The van der Waals surface area contributed by atoms with Crippen LogP contribution in [0.5, 0.6) is 0 Å². The summed E-state index contributed by atoms with van der Waals surface area (Å²) >= 11 is 0. The fourth-order valence-electron chi connectivity index (χ4n) is 3.23. The molecule has 28 heavy (non-hydrogen) atoms. The zero-order chi connectivity index (χ0) is 19.7. The maximum absolute atomic E-state index is 11.6. The third-order valence-electron chi connectivity index (χ3n) is 4.87. The lowest BCUT2D eigenvalue weighted by Crippen LogP contribution is -2.39.